The van der Waals surface area contributed by atoms with Crippen molar-refractivity contribution >= 4 is 17.1 Å². The highest BCUT2D eigenvalue weighted by molar-refractivity contribution is 6.01. The largest absolute Gasteiger partial charge is 0.299 e. The predicted molar refractivity (Wildman–Crippen MR) is 138 cm³/mol. The van der Waals surface area contributed by atoms with Gasteiger partial charge in [0.1, 0.15) is 5.78 Å². The quantitative estimate of drug-likeness (QED) is 0.419. The lowest BCUT2D eigenvalue weighted by Crippen LogP contribution is -2.19. The highest BCUT2D eigenvalue weighted by Crippen LogP contribution is 2.44. The van der Waals surface area contributed by atoms with Crippen molar-refractivity contribution < 1.29 is 9.59 Å². The van der Waals surface area contributed by atoms with Gasteiger partial charge >= 0.3 is 0 Å². The third-order valence-electron chi connectivity index (χ3n) is 7.92. The smallest absolute Gasteiger partial charge is 0.166 e. The van der Waals surface area contributed by atoms with Crippen LogP contribution in [0.2, 0.25) is 0 Å². The molecule has 34 heavy (non-hydrogen) atoms. The molecule has 2 aromatic rings. The zero-order valence-corrected chi connectivity index (χ0v) is 19.9. The number of ketones is 2. The Balaban J connectivity index is 1.30. The van der Waals surface area contributed by atoms with Crippen molar-refractivity contribution in [1.29, 1.82) is 0 Å². The Morgan fingerprint density at radius 3 is 2.35 bits per heavy atom. The minimum atomic E-state index is -0.125. The third-order valence-corrected chi connectivity index (χ3v) is 7.92. The first kappa shape index (κ1) is 22.8. The summed E-state index contributed by atoms with van der Waals surface area (Å²) in [7, 11) is 0. The van der Waals surface area contributed by atoms with E-state index in [9.17, 15) is 9.59 Å². The first-order chi connectivity index (χ1) is 16.7. The Bertz CT molecular complexity index is 1110. The van der Waals surface area contributed by atoms with Crippen molar-refractivity contribution in [3.63, 3.8) is 0 Å². The lowest BCUT2D eigenvalue weighted by Gasteiger charge is -2.21. The summed E-state index contributed by atoms with van der Waals surface area (Å²) in [5, 5.41) is 0. The average molecular weight is 451 g/mol. The van der Waals surface area contributed by atoms with Crippen LogP contribution in [0.5, 0.6) is 0 Å². The van der Waals surface area contributed by atoms with Crippen molar-refractivity contribution in [1.82, 2.24) is 0 Å². The molecule has 1 fully saturated rings. The third kappa shape index (κ3) is 5.06. The molecule has 2 atom stereocenters. The molecule has 5 rings (SSSR count). The summed E-state index contributed by atoms with van der Waals surface area (Å²) >= 11 is 0. The van der Waals surface area contributed by atoms with Gasteiger partial charge in [0, 0.05) is 24.2 Å². The van der Waals surface area contributed by atoms with Gasteiger partial charge in [-0.05, 0) is 59.9 Å². The minimum absolute atomic E-state index is 0.125. The van der Waals surface area contributed by atoms with Gasteiger partial charge in [-0.25, -0.2) is 0 Å². The van der Waals surface area contributed by atoms with Crippen molar-refractivity contribution in [2.75, 3.05) is 0 Å². The maximum Gasteiger partial charge on any atom is 0.166 e. The zero-order chi connectivity index (χ0) is 23.3. The van der Waals surface area contributed by atoms with Crippen molar-refractivity contribution in [2.45, 2.75) is 63.7 Å². The van der Waals surface area contributed by atoms with Gasteiger partial charge in [-0.1, -0.05) is 98.2 Å². The number of hydrogen-bond acceptors (Lipinski definition) is 2. The summed E-state index contributed by atoms with van der Waals surface area (Å²) in [5.41, 5.74) is 5.82. The lowest BCUT2D eigenvalue weighted by molar-refractivity contribution is -0.123. The molecule has 0 saturated heterocycles. The van der Waals surface area contributed by atoms with Crippen LogP contribution in [-0.2, 0) is 16.0 Å². The monoisotopic (exact) mass is 450 g/mol. The van der Waals surface area contributed by atoms with E-state index in [4.69, 9.17) is 0 Å². The van der Waals surface area contributed by atoms with Crippen LogP contribution < -0.4 is 0 Å². The number of benzene rings is 2. The van der Waals surface area contributed by atoms with E-state index in [1.54, 1.807) is 0 Å². The predicted octanol–water partition coefficient (Wildman–Crippen LogP) is 7.41. The van der Waals surface area contributed by atoms with E-state index >= 15 is 0 Å². The highest BCUT2D eigenvalue weighted by Gasteiger charge is 2.35. The number of Topliss-reactive ketones (excluding diaryl/α,β-unsaturated/α-hetero) is 2. The van der Waals surface area contributed by atoms with E-state index in [2.05, 4.69) is 60.7 Å². The molecule has 1 saturated carbocycles. The summed E-state index contributed by atoms with van der Waals surface area (Å²) in [6.07, 6.45) is 17.2. The van der Waals surface area contributed by atoms with Crippen LogP contribution in [0.15, 0.2) is 84.5 Å². The van der Waals surface area contributed by atoms with Gasteiger partial charge in [0.05, 0.1) is 0 Å². The van der Waals surface area contributed by atoms with Crippen LogP contribution in [0.1, 0.15) is 74.0 Å². The maximum absolute atomic E-state index is 13.4. The van der Waals surface area contributed by atoms with Crippen molar-refractivity contribution in [3.8, 4) is 0 Å². The second kappa shape index (κ2) is 10.5. The van der Waals surface area contributed by atoms with Crippen LogP contribution in [0, 0.1) is 11.8 Å². The molecule has 2 unspecified atom stereocenters. The molecule has 174 valence electrons. The van der Waals surface area contributed by atoms with Crippen LogP contribution in [0.4, 0.5) is 0 Å². The molecule has 2 aromatic carbocycles. The molecule has 0 heterocycles. The Morgan fingerprint density at radius 2 is 1.65 bits per heavy atom. The minimum Gasteiger partial charge on any atom is -0.299 e. The fourth-order valence-corrected chi connectivity index (χ4v) is 5.89. The summed E-state index contributed by atoms with van der Waals surface area (Å²) < 4.78 is 0. The Labute approximate surface area is 203 Å². The number of aryl methyl sites for hydroxylation is 1. The average Bonchev–Trinajstić information content (AvgIpc) is 3.59. The molecular formula is C32H34O2. The highest BCUT2D eigenvalue weighted by atomic mass is 16.1. The van der Waals surface area contributed by atoms with E-state index in [0.717, 1.165) is 37.7 Å². The van der Waals surface area contributed by atoms with Crippen molar-refractivity contribution in [2.24, 2.45) is 11.8 Å². The topological polar surface area (TPSA) is 34.1 Å². The van der Waals surface area contributed by atoms with Gasteiger partial charge < -0.3 is 0 Å². The number of carbonyl (C=O) groups is 2. The van der Waals surface area contributed by atoms with Crippen LogP contribution in [0.3, 0.4) is 0 Å². The van der Waals surface area contributed by atoms with E-state index in [0.29, 0.717) is 18.1 Å². The van der Waals surface area contributed by atoms with Crippen molar-refractivity contribution in [3.05, 3.63) is 101 Å². The van der Waals surface area contributed by atoms with E-state index in [-0.39, 0.29) is 17.6 Å². The fourth-order valence-electron chi connectivity index (χ4n) is 5.89. The first-order valence-electron chi connectivity index (χ1n) is 13.0. The van der Waals surface area contributed by atoms with Gasteiger partial charge in [0.2, 0.25) is 0 Å². The second-order valence-corrected chi connectivity index (χ2v) is 10.1. The number of carbonyl (C=O) groups excluding carboxylic acids is 2. The van der Waals surface area contributed by atoms with Crippen LogP contribution in [0.25, 0.3) is 5.57 Å². The number of allylic oxidation sites excluding steroid dienone is 6. The molecule has 0 spiro atoms. The molecule has 0 aliphatic heterocycles. The molecule has 0 N–H and O–H groups in total. The molecule has 0 bridgehead atoms. The standard InChI is InChI=1S/C32H34O2/c33-31(26-11-5-2-6-12-26)20-17-23-15-18-25(19-16-23)29-21-28(24-9-3-1-4-10-24)22-30(29)32(34)27-13-7-8-14-27/h1,3-4,7-10,13,15-16,18-19,22,26,29-30H,2,5-6,11-12,14,17,20-21H2. The van der Waals surface area contributed by atoms with E-state index in [1.165, 1.54) is 41.5 Å². The lowest BCUT2D eigenvalue weighted by atomic mass is 9.82. The SMILES string of the molecule is O=C(CCc1ccc(C2CC(c3ccccc3)=CC2C(=O)C2=CC=CC2)cc1)C1CCCCC1. The summed E-state index contributed by atoms with van der Waals surface area (Å²) in [4.78, 5) is 26.0. The molecule has 3 aliphatic rings. The summed E-state index contributed by atoms with van der Waals surface area (Å²) in [6.45, 7) is 0. The van der Waals surface area contributed by atoms with Gasteiger partial charge in [-0.2, -0.15) is 0 Å². The fraction of sp³-hybridized carbons (Fsp3) is 0.375. The number of rotatable bonds is 8. The Morgan fingerprint density at radius 1 is 0.882 bits per heavy atom. The maximum atomic E-state index is 13.4. The number of hydrogen-bond donors (Lipinski definition) is 0. The molecule has 0 amide bonds. The second-order valence-electron chi connectivity index (χ2n) is 10.1. The zero-order valence-electron chi connectivity index (χ0n) is 19.9. The van der Waals surface area contributed by atoms with Crippen LogP contribution in [-0.4, -0.2) is 11.6 Å². The van der Waals surface area contributed by atoms with E-state index in [1.807, 2.05) is 18.2 Å². The van der Waals surface area contributed by atoms with Gasteiger partial charge in [-0.15, -0.1) is 0 Å². The molecule has 0 radical (unpaired) electrons. The molecule has 0 aromatic heterocycles. The van der Waals surface area contributed by atoms with Gasteiger partial charge in [0.25, 0.3) is 0 Å². The Hall–Kier alpha value is -3.00. The molecule has 3 aliphatic carbocycles. The normalized spacial score (nSPS) is 22.5. The first-order valence-corrected chi connectivity index (χ1v) is 13.0. The molecule has 2 heteroatoms. The summed E-state index contributed by atoms with van der Waals surface area (Å²) in [6, 6.07) is 19.1. The van der Waals surface area contributed by atoms with Gasteiger partial charge in [-0.3, -0.25) is 9.59 Å². The Kier molecular flexibility index (Phi) is 7.04. The molecule has 2 nitrogen and oxygen atoms in total. The summed E-state index contributed by atoms with van der Waals surface area (Å²) in [5.74, 6) is 1.02. The van der Waals surface area contributed by atoms with Gasteiger partial charge in [0.15, 0.2) is 5.78 Å². The molecular weight excluding hydrogens is 416 g/mol. The van der Waals surface area contributed by atoms with Crippen LogP contribution >= 0.6 is 0 Å². The van der Waals surface area contributed by atoms with E-state index < -0.39 is 0 Å².